The summed E-state index contributed by atoms with van der Waals surface area (Å²) in [6.45, 7) is 8.76. The highest BCUT2D eigenvalue weighted by Gasteiger charge is 2.62. The lowest BCUT2D eigenvalue weighted by Gasteiger charge is -2.38. The predicted octanol–water partition coefficient (Wildman–Crippen LogP) is 2.70. The zero-order chi connectivity index (χ0) is 14.3. The van der Waals surface area contributed by atoms with Gasteiger partial charge in [-0.2, -0.15) is 0 Å². The first-order valence-corrected chi connectivity index (χ1v) is 7.16. The van der Waals surface area contributed by atoms with Gasteiger partial charge in [-0.3, -0.25) is 9.59 Å². The fourth-order valence-electron chi connectivity index (χ4n) is 3.84. The highest BCUT2D eigenvalue weighted by Crippen LogP contribution is 2.66. The van der Waals surface area contributed by atoms with Crippen LogP contribution in [-0.4, -0.2) is 24.6 Å². The maximum absolute atomic E-state index is 11.8. The Labute approximate surface area is 114 Å². The summed E-state index contributed by atoms with van der Waals surface area (Å²) in [6.07, 6.45) is 2.92. The normalized spacial score (nSPS) is 35.2. The van der Waals surface area contributed by atoms with Crippen molar-refractivity contribution in [3.63, 3.8) is 0 Å². The average Bonchev–Trinajstić information content (AvgIpc) is 2.62. The van der Waals surface area contributed by atoms with E-state index < -0.39 is 11.9 Å². The molecule has 4 nitrogen and oxygen atoms in total. The lowest BCUT2D eigenvalue weighted by Crippen LogP contribution is -2.38. The van der Waals surface area contributed by atoms with Gasteiger partial charge in [0.05, 0.1) is 6.61 Å². The summed E-state index contributed by atoms with van der Waals surface area (Å²) in [5.41, 5.74) is 0.254. The number of fused-ring (bicyclic) bond motifs is 2. The van der Waals surface area contributed by atoms with Crippen molar-refractivity contribution in [2.45, 2.75) is 59.5 Å². The molecule has 2 bridgehead atoms. The molecule has 2 aliphatic rings. The fraction of sp³-hybridized carbons (Fsp3) is 0.867. The van der Waals surface area contributed by atoms with Gasteiger partial charge >= 0.3 is 11.9 Å². The molecule has 0 radical (unpaired) electrons. The van der Waals surface area contributed by atoms with Crippen molar-refractivity contribution in [1.29, 1.82) is 0 Å². The van der Waals surface area contributed by atoms with Crippen LogP contribution in [0.1, 0.15) is 53.4 Å². The zero-order valence-electron chi connectivity index (χ0n) is 12.3. The number of ether oxygens (including phenoxy) is 2. The van der Waals surface area contributed by atoms with E-state index in [-0.39, 0.29) is 23.4 Å². The van der Waals surface area contributed by atoms with E-state index in [1.807, 2.05) is 0 Å². The zero-order valence-corrected chi connectivity index (χ0v) is 12.3. The second-order valence-electron chi connectivity index (χ2n) is 6.57. The lowest BCUT2D eigenvalue weighted by molar-refractivity contribution is -0.162. The van der Waals surface area contributed by atoms with Crippen molar-refractivity contribution in [2.24, 2.45) is 16.7 Å². The molecule has 4 heteroatoms. The first-order valence-electron chi connectivity index (χ1n) is 7.16. The molecule has 0 aromatic carbocycles. The summed E-state index contributed by atoms with van der Waals surface area (Å²) in [7, 11) is 0. The van der Waals surface area contributed by atoms with Crippen molar-refractivity contribution in [1.82, 2.24) is 0 Å². The molecule has 3 atom stereocenters. The summed E-state index contributed by atoms with van der Waals surface area (Å²) in [6, 6.07) is 0. The lowest BCUT2D eigenvalue weighted by atomic mass is 9.70. The van der Waals surface area contributed by atoms with Crippen LogP contribution in [0.2, 0.25) is 0 Å². The highest BCUT2D eigenvalue weighted by molar-refractivity contribution is 5.91. The molecule has 108 valence electrons. The van der Waals surface area contributed by atoms with E-state index in [4.69, 9.17) is 9.47 Å². The van der Waals surface area contributed by atoms with Crippen molar-refractivity contribution in [2.75, 3.05) is 6.61 Å². The summed E-state index contributed by atoms with van der Waals surface area (Å²) in [5, 5.41) is 0. The third-order valence-electron chi connectivity index (χ3n) is 5.58. The molecular formula is C15H24O4. The van der Waals surface area contributed by atoms with Gasteiger partial charge in [0.15, 0.2) is 0 Å². The van der Waals surface area contributed by atoms with Crippen LogP contribution in [0.4, 0.5) is 0 Å². The monoisotopic (exact) mass is 268 g/mol. The number of hydrogen-bond acceptors (Lipinski definition) is 4. The van der Waals surface area contributed by atoms with Crippen LogP contribution < -0.4 is 0 Å². The Morgan fingerprint density at radius 3 is 2.37 bits per heavy atom. The Morgan fingerprint density at radius 2 is 1.89 bits per heavy atom. The molecule has 2 saturated carbocycles. The number of hydrogen-bond donors (Lipinski definition) is 0. The third kappa shape index (κ3) is 2.26. The maximum Gasteiger partial charge on any atom is 0.317 e. The molecule has 0 aliphatic heterocycles. The first kappa shape index (κ1) is 14.4. The summed E-state index contributed by atoms with van der Waals surface area (Å²) >= 11 is 0. The minimum Gasteiger partial charge on any atom is -0.466 e. The van der Waals surface area contributed by atoms with Crippen molar-refractivity contribution in [3.05, 3.63) is 0 Å². The molecule has 2 fully saturated rings. The maximum atomic E-state index is 11.8. The smallest absolute Gasteiger partial charge is 0.317 e. The molecule has 0 aromatic rings. The van der Waals surface area contributed by atoms with Gasteiger partial charge in [0, 0.05) is 5.41 Å². The molecular weight excluding hydrogens is 244 g/mol. The number of rotatable bonds is 4. The first-order chi connectivity index (χ1) is 8.81. The second kappa shape index (κ2) is 4.80. The van der Waals surface area contributed by atoms with E-state index in [0.717, 1.165) is 12.8 Å². The molecule has 0 amide bonds. The van der Waals surface area contributed by atoms with Crippen LogP contribution in [-0.2, 0) is 19.1 Å². The van der Waals surface area contributed by atoms with E-state index >= 15 is 0 Å². The number of esters is 2. The van der Waals surface area contributed by atoms with E-state index in [2.05, 4.69) is 20.8 Å². The van der Waals surface area contributed by atoms with Gasteiger partial charge in [-0.1, -0.05) is 20.8 Å². The van der Waals surface area contributed by atoms with Crippen molar-refractivity contribution in [3.8, 4) is 0 Å². The van der Waals surface area contributed by atoms with Crippen LogP contribution in [0.25, 0.3) is 0 Å². The minimum atomic E-state index is -0.500. The average molecular weight is 268 g/mol. The molecule has 2 rings (SSSR count). The van der Waals surface area contributed by atoms with Crippen molar-refractivity contribution < 1.29 is 19.1 Å². The van der Waals surface area contributed by atoms with E-state index in [0.29, 0.717) is 12.5 Å². The van der Waals surface area contributed by atoms with Gasteiger partial charge in [-0.15, -0.1) is 0 Å². The Morgan fingerprint density at radius 1 is 1.21 bits per heavy atom. The quantitative estimate of drug-likeness (QED) is 0.581. The topological polar surface area (TPSA) is 52.6 Å². The molecule has 3 unspecified atom stereocenters. The SMILES string of the molecule is CCOC(=O)CC(=O)OC1CC2CCC1(C)C2(C)C. The Bertz CT molecular complexity index is 388. The Kier molecular flexibility index (Phi) is 3.63. The van der Waals surface area contributed by atoms with Crippen LogP contribution in [0, 0.1) is 16.7 Å². The number of carbonyl (C=O) groups excluding carboxylic acids is 2. The Balaban J connectivity index is 1.95. The van der Waals surface area contributed by atoms with Gasteiger partial charge < -0.3 is 9.47 Å². The van der Waals surface area contributed by atoms with E-state index in [9.17, 15) is 9.59 Å². The number of carbonyl (C=O) groups is 2. The molecule has 0 saturated heterocycles. The molecule has 19 heavy (non-hydrogen) atoms. The van der Waals surface area contributed by atoms with Gasteiger partial charge in [0.2, 0.25) is 0 Å². The largest absolute Gasteiger partial charge is 0.466 e. The summed E-state index contributed by atoms with van der Waals surface area (Å²) in [5.74, 6) is -0.328. The van der Waals surface area contributed by atoms with Gasteiger partial charge in [0.25, 0.3) is 0 Å². The van der Waals surface area contributed by atoms with E-state index in [1.54, 1.807) is 6.92 Å². The van der Waals surface area contributed by atoms with Crippen molar-refractivity contribution >= 4 is 11.9 Å². The molecule has 0 N–H and O–H groups in total. The van der Waals surface area contributed by atoms with Crippen LogP contribution in [0.15, 0.2) is 0 Å². The molecule has 0 spiro atoms. The minimum absolute atomic E-state index is 0.0436. The standard InChI is InChI=1S/C15H24O4/c1-5-18-12(16)9-13(17)19-11-8-10-6-7-15(11,4)14(10,2)3/h10-11H,5-9H2,1-4H3. The second-order valence-corrected chi connectivity index (χ2v) is 6.57. The van der Waals surface area contributed by atoms with Crippen LogP contribution in [0.3, 0.4) is 0 Å². The molecule has 0 aromatic heterocycles. The van der Waals surface area contributed by atoms with Crippen LogP contribution in [0.5, 0.6) is 0 Å². The van der Waals surface area contributed by atoms with Gasteiger partial charge in [-0.25, -0.2) is 0 Å². The summed E-state index contributed by atoms with van der Waals surface area (Å²) in [4.78, 5) is 23.1. The molecule has 0 heterocycles. The summed E-state index contributed by atoms with van der Waals surface area (Å²) < 4.78 is 10.3. The third-order valence-corrected chi connectivity index (χ3v) is 5.58. The fourth-order valence-corrected chi connectivity index (χ4v) is 3.84. The van der Waals surface area contributed by atoms with Gasteiger partial charge in [-0.05, 0) is 37.5 Å². The molecule has 2 aliphatic carbocycles. The van der Waals surface area contributed by atoms with Gasteiger partial charge in [0.1, 0.15) is 12.5 Å². The Hall–Kier alpha value is -1.06. The highest BCUT2D eigenvalue weighted by atomic mass is 16.6. The van der Waals surface area contributed by atoms with E-state index in [1.165, 1.54) is 6.42 Å². The van der Waals surface area contributed by atoms with Crippen LogP contribution >= 0.6 is 0 Å². The predicted molar refractivity (Wildman–Crippen MR) is 70.4 cm³/mol.